The molecule has 2 unspecified atom stereocenters. The lowest BCUT2D eigenvalue weighted by Gasteiger charge is -2.13. The minimum atomic E-state index is -0.956. The number of hydrogen-bond acceptors (Lipinski definition) is 6. The van der Waals surface area contributed by atoms with Crippen LogP contribution in [-0.2, 0) is 9.53 Å². The molecule has 20 heavy (non-hydrogen) atoms. The van der Waals surface area contributed by atoms with Crippen molar-refractivity contribution in [2.45, 2.75) is 25.0 Å². The van der Waals surface area contributed by atoms with Crippen LogP contribution >= 0.6 is 15.9 Å². The van der Waals surface area contributed by atoms with E-state index in [-0.39, 0.29) is 11.8 Å². The summed E-state index contributed by atoms with van der Waals surface area (Å²) in [5, 5.41) is 22.4. The van der Waals surface area contributed by atoms with Crippen molar-refractivity contribution in [3.63, 3.8) is 0 Å². The van der Waals surface area contributed by atoms with Crippen molar-refractivity contribution in [3.05, 3.63) is 26.9 Å². The van der Waals surface area contributed by atoms with Crippen LogP contribution < -0.4 is 5.32 Å². The Kier molecular flexibility index (Phi) is 4.50. The van der Waals surface area contributed by atoms with E-state index in [0.29, 0.717) is 29.7 Å². The number of carboxylic acid groups (broad SMARTS) is 1. The average molecular weight is 346 g/mol. The largest absolute Gasteiger partial charge is 0.479 e. The normalized spacial score (nSPS) is 21.6. The first-order chi connectivity index (χ1) is 9.47. The molecule has 2 rings (SSSR count). The lowest BCUT2D eigenvalue weighted by molar-refractivity contribution is -0.385. The molecule has 1 aromatic heterocycles. The summed E-state index contributed by atoms with van der Waals surface area (Å²) in [5.41, 5.74) is -0.106. The smallest absolute Gasteiger partial charge is 0.332 e. The average Bonchev–Trinajstić information content (AvgIpc) is 2.86. The maximum atomic E-state index is 10.7. The fraction of sp³-hybridized carbons (Fsp3) is 0.455. The van der Waals surface area contributed by atoms with Crippen LogP contribution in [0.4, 0.5) is 11.5 Å². The highest BCUT2D eigenvalue weighted by atomic mass is 79.9. The van der Waals surface area contributed by atoms with E-state index in [1.54, 1.807) is 0 Å². The molecule has 0 saturated carbocycles. The van der Waals surface area contributed by atoms with E-state index in [2.05, 4.69) is 26.2 Å². The highest BCUT2D eigenvalue weighted by Crippen LogP contribution is 2.25. The summed E-state index contributed by atoms with van der Waals surface area (Å²) >= 11 is 3.20. The van der Waals surface area contributed by atoms with Crippen LogP contribution in [0.3, 0.4) is 0 Å². The van der Waals surface area contributed by atoms with Crippen LogP contribution in [0.2, 0.25) is 0 Å². The van der Waals surface area contributed by atoms with Crippen molar-refractivity contribution in [2.24, 2.45) is 0 Å². The van der Waals surface area contributed by atoms with Gasteiger partial charge in [-0.3, -0.25) is 10.1 Å². The fourth-order valence-electron chi connectivity index (χ4n) is 1.91. The molecule has 2 N–H and O–H groups in total. The Bertz CT molecular complexity index is 539. The number of pyridine rings is 1. The Morgan fingerprint density at radius 2 is 2.40 bits per heavy atom. The van der Waals surface area contributed by atoms with E-state index in [9.17, 15) is 14.9 Å². The summed E-state index contributed by atoms with van der Waals surface area (Å²) in [6.07, 6.45) is 1.32. The van der Waals surface area contributed by atoms with Gasteiger partial charge in [-0.25, -0.2) is 9.78 Å². The predicted octanol–water partition coefficient (Wildman–Crippen LogP) is 1.80. The molecule has 1 aliphatic rings. The van der Waals surface area contributed by atoms with Gasteiger partial charge in [0.05, 0.1) is 15.5 Å². The van der Waals surface area contributed by atoms with Gasteiger partial charge in [0.2, 0.25) is 0 Å². The maximum absolute atomic E-state index is 10.7. The summed E-state index contributed by atoms with van der Waals surface area (Å²) in [7, 11) is 0. The van der Waals surface area contributed by atoms with Crippen molar-refractivity contribution >= 4 is 33.4 Å². The molecular weight excluding hydrogens is 334 g/mol. The predicted molar refractivity (Wildman–Crippen MR) is 72.6 cm³/mol. The lowest BCUT2D eigenvalue weighted by atomic mass is 10.2. The van der Waals surface area contributed by atoms with Crippen molar-refractivity contribution in [3.8, 4) is 0 Å². The van der Waals surface area contributed by atoms with E-state index in [1.165, 1.54) is 6.07 Å². The second-order valence-corrected chi connectivity index (χ2v) is 5.18. The van der Waals surface area contributed by atoms with Gasteiger partial charge in [-0.2, -0.15) is 0 Å². The summed E-state index contributed by atoms with van der Waals surface area (Å²) < 4.78 is 5.80. The van der Waals surface area contributed by atoms with E-state index < -0.39 is 17.0 Å². The van der Waals surface area contributed by atoms with Crippen LogP contribution in [0.1, 0.15) is 12.8 Å². The number of carbonyl (C=O) groups is 1. The molecule has 108 valence electrons. The Balaban J connectivity index is 1.92. The molecule has 0 aromatic carbocycles. The summed E-state index contributed by atoms with van der Waals surface area (Å²) in [5.74, 6) is -0.500. The number of carboxylic acids is 1. The Morgan fingerprint density at radius 1 is 1.65 bits per heavy atom. The zero-order chi connectivity index (χ0) is 14.7. The van der Waals surface area contributed by atoms with Crippen LogP contribution in [0, 0.1) is 10.1 Å². The van der Waals surface area contributed by atoms with Gasteiger partial charge in [0, 0.05) is 12.6 Å². The van der Waals surface area contributed by atoms with E-state index >= 15 is 0 Å². The quantitative estimate of drug-likeness (QED) is 0.617. The first kappa shape index (κ1) is 14.7. The zero-order valence-corrected chi connectivity index (χ0v) is 11.9. The fourth-order valence-corrected chi connectivity index (χ4v) is 2.38. The molecule has 1 saturated heterocycles. The van der Waals surface area contributed by atoms with E-state index in [4.69, 9.17) is 9.84 Å². The molecular formula is C11H12BrN3O5. The standard InChI is InChI=1S/C11H12BrN3O5/c12-8-3-6(15(18)19)4-13-10(8)14-5-7-1-2-9(20-7)11(16)17/h3-4,7,9H,1-2,5H2,(H,13,14)(H,16,17). The number of rotatable bonds is 5. The van der Waals surface area contributed by atoms with E-state index in [1.807, 2.05) is 0 Å². The Labute approximate surface area is 122 Å². The van der Waals surface area contributed by atoms with Gasteiger partial charge in [-0.1, -0.05) is 0 Å². The minimum absolute atomic E-state index is 0.106. The van der Waals surface area contributed by atoms with Crippen LogP contribution in [0.15, 0.2) is 16.7 Å². The minimum Gasteiger partial charge on any atom is -0.479 e. The molecule has 0 bridgehead atoms. The first-order valence-corrected chi connectivity index (χ1v) is 6.68. The SMILES string of the molecule is O=C(O)C1CCC(CNc2ncc([N+](=O)[O-])cc2Br)O1. The number of ether oxygens (including phenoxy) is 1. The van der Waals surface area contributed by atoms with Gasteiger partial charge < -0.3 is 15.2 Å². The van der Waals surface area contributed by atoms with Crippen molar-refractivity contribution < 1.29 is 19.6 Å². The van der Waals surface area contributed by atoms with E-state index in [0.717, 1.165) is 6.20 Å². The Morgan fingerprint density at radius 3 is 2.95 bits per heavy atom. The van der Waals surface area contributed by atoms with Gasteiger partial charge in [0.25, 0.3) is 5.69 Å². The summed E-state index contributed by atoms with van der Waals surface area (Å²) in [4.78, 5) is 24.7. The summed E-state index contributed by atoms with van der Waals surface area (Å²) in [6.45, 7) is 0.396. The molecule has 9 heteroatoms. The first-order valence-electron chi connectivity index (χ1n) is 5.89. The number of nitrogens with zero attached hydrogens (tertiary/aromatic N) is 2. The van der Waals surface area contributed by atoms with Gasteiger partial charge in [0.1, 0.15) is 12.0 Å². The molecule has 0 amide bonds. The molecule has 0 aliphatic carbocycles. The number of nitrogens with one attached hydrogen (secondary N) is 1. The van der Waals surface area contributed by atoms with Crippen molar-refractivity contribution in [1.82, 2.24) is 4.98 Å². The number of halogens is 1. The van der Waals surface area contributed by atoms with Crippen molar-refractivity contribution in [2.75, 3.05) is 11.9 Å². The topological polar surface area (TPSA) is 115 Å². The number of hydrogen-bond donors (Lipinski definition) is 2. The third-order valence-corrected chi connectivity index (χ3v) is 3.52. The number of nitro groups is 1. The monoisotopic (exact) mass is 345 g/mol. The highest BCUT2D eigenvalue weighted by molar-refractivity contribution is 9.10. The molecule has 0 radical (unpaired) electrons. The molecule has 2 heterocycles. The number of anilines is 1. The second-order valence-electron chi connectivity index (χ2n) is 4.32. The number of aromatic nitrogens is 1. The van der Waals surface area contributed by atoms with Crippen LogP contribution in [0.25, 0.3) is 0 Å². The van der Waals surface area contributed by atoms with Gasteiger partial charge in [-0.15, -0.1) is 0 Å². The van der Waals surface area contributed by atoms with Gasteiger partial charge in [0.15, 0.2) is 6.10 Å². The second kappa shape index (κ2) is 6.14. The van der Waals surface area contributed by atoms with Gasteiger partial charge >= 0.3 is 5.97 Å². The van der Waals surface area contributed by atoms with Crippen molar-refractivity contribution in [1.29, 1.82) is 0 Å². The van der Waals surface area contributed by atoms with Gasteiger partial charge in [-0.05, 0) is 28.8 Å². The molecule has 1 fully saturated rings. The highest BCUT2D eigenvalue weighted by Gasteiger charge is 2.30. The molecule has 1 aliphatic heterocycles. The molecule has 8 nitrogen and oxygen atoms in total. The Hall–Kier alpha value is -1.74. The third-order valence-electron chi connectivity index (χ3n) is 2.92. The molecule has 2 atom stereocenters. The molecule has 1 aromatic rings. The van der Waals surface area contributed by atoms with Crippen LogP contribution in [0.5, 0.6) is 0 Å². The maximum Gasteiger partial charge on any atom is 0.332 e. The molecule has 0 spiro atoms. The third kappa shape index (κ3) is 3.42. The zero-order valence-electron chi connectivity index (χ0n) is 10.3. The van der Waals surface area contributed by atoms with Crippen LogP contribution in [-0.4, -0.2) is 39.7 Å². The summed E-state index contributed by atoms with van der Waals surface area (Å²) in [6, 6.07) is 1.35. The number of aliphatic carboxylic acids is 1. The lowest BCUT2D eigenvalue weighted by Crippen LogP contribution is -2.24.